The van der Waals surface area contributed by atoms with Crippen LogP contribution in [-0.4, -0.2) is 52.4 Å². The number of carbonyl (C=O) groups excluding carboxylic acids is 2. The molecule has 9 heteroatoms. The molecule has 9 nitrogen and oxygen atoms in total. The Morgan fingerprint density at radius 1 is 1.42 bits per heavy atom. The predicted octanol–water partition coefficient (Wildman–Crippen LogP) is 1.05. The van der Waals surface area contributed by atoms with Crippen molar-refractivity contribution >= 4 is 12.1 Å². The molecule has 0 aromatic carbocycles. The van der Waals surface area contributed by atoms with Crippen LogP contribution in [0.3, 0.4) is 0 Å². The topological polar surface area (TPSA) is 110 Å². The minimum atomic E-state index is -0.451. The van der Waals surface area contributed by atoms with Crippen molar-refractivity contribution < 1.29 is 18.8 Å². The van der Waals surface area contributed by atoms with Crippen molar-refractivity contribution in [2.75, 3.05) is 19.6 Å². The van der Waals surface area contributed by atoms with Crippen LogP contribution >= 0.6 is 0 Å². The van der Waals surface area contributed by atoms with Crippen LogP contribution in [0.5, 0.6) is 0 Å². The lowest BCUT2D eigenvalue weighted by Gasteiger charge is -2.36. The van der Waals surface area contributed by atoms with Crippen molar-refractivity contribution in [3.63, 3.8) is 0 Å². The normalized spacial score (nSPS) is 19.5. The smallest absolute Gasteiger partial charge is 0.407 e. The first-order valence-corrected chi connectivity index (χ1v) is 8.27. The van der Waals surface area contributed by atoms with Gasteiger partial charge in [0.25, 0.3) is 0 Å². The molecular formula is C15H23N5O4. The predicted molar refractivity (Wildman–Crippen MR) is 83.1 cm³/mol. The van der Waals surface area contributed by atoms with Crippen molar-refractivity contribution in [1.82, 2.24) is 25.7 Å². The highest BCUT2D eigenvalue weighted by Gasteiger charge is 2.43. The molecule has 0 saturated carbocycles. The molecule has 2 fully saturated rings. The highest BCUT2D eigenvalue weighted by atomic mass is 16.6. The highest BCUT2D eigenvalue weighted by Crippen LogP contribution is 2.29. The van der Waals surface area contributed by atoms with Gasteiger partial charge in [0, 0.05) is 32.4 Å². The number of hydrogen-bond donors (Lipinski definition) is 2. The van der Waals surface area contributed by atoms with E-state index in [0.29, 0.717) is 50.1 Å². The molecule has 0 atom stereocenters. The second kappa shape index (κ2) is 6.66. The lowest BCUT2D eigenvalue weighted by Crippen LogP contribution is -2.51. The zero-order valence-electron chi connectivity index (χ0n) is 14.0. The Morgan fingerprint density at radius 2 is 2.17 bits per heavy atom. The Hall–Kier alpha value is -2.32. The van der Waals surface area contributed by atoms with Crippen molar-refractivity contribution in [2.24, 2.45) is 5.92 Å². The molecule has 0 bridgehead atoms. The number of aromatic nitrogens is 2. The number of ether oxygens (including phenoxy) is 1. The molecule has 0 radical (unpaired) electrons. The van der Waals surface area contributed by atoms with Crippen LogP contribution in [0.15, 0.2) is 4.52 Å². The van der Waals surface area contributed by atoms with E-state index in [9.17, 15) is 9.59 Å². The first-order chi connectivity index (χ1) is 11.5. The second-order valence-corrected chi connectivity index (χ2v) is 6.77. The number of alkyl carbamates (subject to hydrolysis) is 1. The van der Waals surface area contributed by atoms with Gasteiger partial charge in [0.15, 0.2) is 5.82 Å². The summed E-state index contributed by atoms with van der Waals surface area (Å²) in [6.07, 6.45) is 1.63. The number of piperidine rings is 1. The fourth-order valence-corrected chi connectivity index (χ4v) is 2.96. The van der Waals surface area contributed by atoms with Crippen molar-refractivity contribution in [1.29, 1.82) is 0 Å². The Bertz CT molecular complexity index is 607. The average Bonchev–Trinajstić information content (AvgIpc) is 3.12. The molecule has 0 unspecified atom stereocenters. The lowest BCUT2D eigenvalue weighted by molar-refractivity contribution is 0.00973. The van der Waals surface area contributed by atoms with E-state index in [0.717, 1.165) is 6.42 Å². The third-order valence-corrected chi connectivity index (χ3v) is 4.32. The van der Waals surface area contributed by atoms with Crippen LogP contribution in [0, 0.1) is 5.92 Å². The van der Waals surface area contributed by atoms with Crippen LogP contribution in [0.1, 0.15) is 38.4 Å². The number of likely N-dealkylation sites (tertiary alicyclic amines) is 1. The van der Waals surface area contributed by atoms with Gasteiger partial charge in [-0.05, 0) is 5.92 Å². The van der Waals surface area contributed by atoms with Crippen molar-refractivity contribution in [2.45, 2.75) is 45.3 Å². The van der Waals surface area contributed by atoms with E-state index in [4.69, 9.17) is 9.26 Å². The summed E-state index contributed by atoms with van der Waals surface area (Å²) in [6, 6.07) is -0.169. The van der Waals surface area contributed by atoms with E-state index in [-0.39, 0.29) is 18.7 Å². The Labute approximate surface area is 140 Å². The molecule has 0 aliphatic carbocycles. The Kier molecular flexibility index (Phi) is 4.59. The van der Waals surface area contributed by atoms with Gasteiger partial charge in [-0.25, -0.2) is 9.59 Å². The third kappa shape index (κ3) is 3.77. The van der Waals surface area contributed by atoms with Gasteiger partial charge < -0.3 is 24.8 Å². The Balaban J connectivity index is 1.44. The van der Waals surface area contributed by atoms with Gasteiger partial charge in [0.1, 0.15) is 5.60 Å². The molecule has 2 aliphatic heterocycles. The van der Waals surface area contributed by atoms with Crippen molar-refractivity contribution in [3.8, 4) is 0 Å². The van der Waals surface area contributed by atoms with Gasteiger partial charge in [0.2, 0.25) is 5.89 Å². The fraction of sp³-hybridized carbons (Fsp3) is 0.733. The van der Waals surface area contributed by atoms with Crippen LogP contribution in [-0.2, 0) is 17.7 Å². The van der Waals surface area contributed by atoms with Gasteiger partial charge in [-0.15, -0.1) is 0 Å². The number of nitrogens with zero attached hydrogens (tertiary/aromatic N) is 3. The number of amides is 3. The Morgan fingerprint density at radius 3 is 2.79 bits per heavy atom. The standard InChI is InChI=1S/C15H23N5O4/c1-10(2)7-12-18-11(19-24-12)8-16-13(21)20-5-3-15(4-6-20)9-17-14(22)23-15/h10H,3-9H2,1-2H3,(H,16,21)(H,17,22). The maximum absolute atomic E-state index is 12.2. The summed E-state index contributed by atoms with van der Waals surface area (Å²) in [5, 5.41) is 9.35. The number of carbonyl (C=O) groups is 2. The van der Waals surface area contributed by atoms with Crippen LogP contribution in [0.2, 0.25) is 0 Å². The molecule has 3 rings (SSSR count). The van der Waals surface area contributed by atoms with Gasteiger partial charge >= 0.3 is 12.1 Å². The molecular weight excluding hydrogens is 314 g/mol. The molecule has 1 aromatic rings. The summed E-state index contributed by atoms with van der Waals surface area (Å²) in [6.45, 7) is 6.00. The maximum atomic E-state index is 12.2. The molecule has 3 amide bonds. The number of rotatable bonds is 4. The van der Waals surface area contributed by atoms with Crippen LogP contribution in [0.25, 0.3) is 0 Å². The lowest BCUT2D eigenvalue weighted by atomic mass is 9.92. The summed E-state index contributed by atoms with van der Waals surface area (Å²) in [7, 11) is 0. The third-order valence-electron chi connectivity index (χ3n) is 4.32. The van der Waals surface area contributed by atoms with E-state index in [2.05, 4.69) is 34.6 Å². The highest BCUT2D eigenvalue weighted by molar-refractivity contribution is 5.74. The molecule has 2 saturated heterocycles. The minimum Gasteiger partial charge on any atom is -0.441 e. The van der Waals surface area contributed by atoms with E-state index in [1.165, 1.54) is 0 Å². The van der Waals surface area contributed by atoms with Crippen LogP contribution < -0.4 is 10.6 Å². The van der Waals surface area contributed by atoms with Crippen LogP contribution in [0.4, 0.5) is 9.59 Å². The first-order valence-electron chi connectivity index (χ1n) is 8.27. The molecule has 1 spiro atoms. The maximum Gasteiger partial charge on any atom is 0.407 e. The molecule has 3 heterocycles. The minimum absolute atomic E-state index is 0.169. The number of nitrogens with one attached hydrogen (secondary N) is 2. The van der Waals surface area contributed by atoms with Crippen molar-refractivity contribution in [3.05, 3.63) is 11.7 Å². The number of hydrogen-bond acceptors (Lipinski definition) is 6. The molecule has 2 aliphatic rings. The average molecular weight is 337 g/mol. The summed E-state index contributed by atoms with van der Waals surface area (Å²) in [4.78, 5) is 29.4. The summed E-state index contributed by atoms with van der Waals surface area (Å²) < 4.78 is 10.5. The fourth-order valence-electron chi connectivity index (χ4n) is 2.96. The quantitative estimate of drug-likeness (QED) is 0.850. The summed E-state index contributed by atoms with van der Waals surface area (Å²) in [5.74, 6) is 1.50. The number of urea groups is 1. The van der Waals surface area contributed by atoms with E-state index in [1.54, 1.807) is 4.90 Å². The molecule has 2 N–H and O–H groups in total. The van der Waals surface area contributed by atoms with E-state index >= 15 is 0 Å². The molecule has 132 valence electrons. The summed E-state index contributed by atoms with van der Waals surface area (Å²) >= 11 is 0. The monoisotopic (exact) mass is 337 g/mol. The molecule has 1 aromatic heterocycles. The SMILES string of the molecule is CC(C)Cc1nc(CNC(=O)N2CCC3(CC2)CNC(=O)O3)no1. The van der Waals surface area contributed by atoms with Gasteiger partial charge in [0.05, 0.1) is 13.1 Å². The van der Waals surface area contributed by atoms with Gasteiger partial charge in [-0.1, -0.05) is 19.0 Å². The zero-order chi connectivity index (χ0) is 17.2. The summed E-state index contributed by atoms with van der Waals surface area (Å²) in [5.41, 5.74) is -0.451. The zero-order valence-corrected chi connectivity index (χ0v) is 14.0. The van der Waals surface area contributed by atoms with E-state index < -0.39 is 5.60 Å². The molecule has 24 heavy (non-hydrogen) atoms. The first kappa shape index (κ1) is 16.5. The van der Waals surface area contributed by atoms with Gasteiger partial charge in [-0.3, -0.25) is 0 Å². The van der Waals surface area contributed by atoms with Gasteiger partial charge in [-0.2, -0.15) is 4.98 Å². The second-order valence-electron chi connectivity index (χ2n) is 6.77. The largest absolute Gasteiger partial charge is 0.441 e. The van der Waals surface area contributed by atoms with E-state index in [1.807, 2.05) is 0 Å².